The highest BCUT2D eigenvalue weighted by Gasteiger charge is 2.16. The Morgan fingerprint density at radius 3 is 2.50 bits per heavy atom. The van der Waals surface area contributed by atoms with E-state index in [9.17, 15) is 8.78 Å². The minimum atomic E-state index is -0.586. The Morgan fingerprint density at radius 2 is 1.94 bits per heavy atom. The molecule has 0 fully saturated rings. The van der Waals surface area contributed by atoms with Gasteiger partial charge in [0, 0.05) is 36.7 Å². The third kappa shape index (κ3) is 3.92. The predicted molar refractivity (Wildman–Crippen MR) is 65.5 cm³/mol. The molecule has 0 aliphatic rings. The van der Waals surface area contributed by atoms with Gasteiger partial charge in [-0.15, -0.1) is 0 Å². The fourth-order valence-electron chi connectivity index (χ4n) is 1.45. The summed E-state index contributed by atoms with van der Waals surface area (Å²) in [6.45, 7) is 4.50. The second kappa shape index (κ2) is 6.11. The van der Waals surface area contributed by atoms with Crippen LogP contribution in [0.25, 0.3) is 0 Å². The zero-order valence-corrected chi connectivity index (χ0v) is 10.9. The summed E-state index contributed by atoms with van der Waals surface area (Å²) in [6.07, 6.45) is 0. The van der Waals surface area contributed by atoms with Gasteiger partial charge in [0.2, 0.25) is 0 Å². The average molecular weight is 259 g/mol. The third-order valence-electron chi connectivity index (χ3n) is 2.67. The highest BCUT2D eigenvalue weighted by molar-refractivity contribution is 5.30. The monoisotopic (exact) mass is 259 g/mol. The number of methoxy groups -OCH3 is 1. The maximum absolute atomic E-state index is 13.6. The summed E-state index contributed by atoms with van der Waals surface area (Å²) in [6, 6.07) is 2.15. The van der Waals surface area contributed by atoms with Gasteiger partial charge in [-0.05, 0) is 6.07 Å². The minimum Gasteiger partial charge on any atom is -0.494 e. The molecule has 18 heavy (non-hydrogen) atoms. The van der Waals surface area contributed by atoms with E-state index < -0.39 is 11.6 Å². The van der Waals surface area contributed by atoms with Crippen molar-refractivity contribution in [2.24, 2.45) is 5.41 Å². The van der Waals surface area contributed by atoms with E-state index in [0.29, 0.717) is 6.54 Å². The highest BCUT2D eigenvalue weighted by Crippen LogP contribution is 2.21. The molecule has 0 amide bonds. The van der Waals surface area contributed by atoms with Crippen LogP contribution < -0.4 is 10.1 Å². The summed E-state index contributed by atoms with van der Waals surface area (Å²) in [5.41, 5.74) is -0.0522. The number of hydrogen-bond donors (Lipinski definition) is 2. The molecular formula is C13H19F2NO2. The first-order chi connectivity index (χ1) is 8.39. The van der Waals surface area contributed by atoms with Gasteiger partial charge in [0.05, 0.1) is 7.11 Å². The van der Waals surface area contributed by atoms with Crippen molar-refractivity contribution >= 4 is 0 Å². The molecule has 0 radical (unpaired) electrons. The molecule has 2 N–H and O–H groups in total. The fraction of sp³-hybridized carbons (Fsp3) is 0.538. The zero-order valence-electron chi connectivity index (χ0n) is 10.9. The van der Waals surface area contributed by atoms with E-state index in [2.05, 4.69) is 10.1 Å². The SMILES string of the molecule is COc1cc(F)c(CNCC(C)(C)CO)cc1F. The van der Waals surface area contributed by atoms with Gasteiger partial charge in [0.25, 0.3) is 0 Å². The molecule has 1 aromatic rings. The maximum atomic E-state index is 13.6. The van der Waals surface area contributed by atoms with Gasteiger partial charge >= 0.3 is 0 Å². The first-order valence-electron chi connectivity index (χ1n) is 5.73. The molecule has 102 valence electrons. The summed E-state index contributed by atoms with van der Waals surface area (Å²) in [4.78, 5) is 0. The lowest BCUT2D eigenvalue weighted by Gasteiger charge is -2.22. The fourth-order valence-corrected chi connectivity index (χ4v) is 1.45. The van der Waals surface area contributed by atoms with E-state index in [4.69, 9.17) is 5.11 Å². The van der Waals surface area contributed by atoms with E-state index in [1.165, 1.54) is 7.11 Å². The first kappa shape index (κ1) is 14.9. The van der Waals surface area contributed by atoms with Crippen LogP contribution in [0.3, 0.4) is 0 Å². The Balaban J connectivity index is 2.66. The number of ether oxygens (including phenoxy) is 1. The van der Waals surface area contributed by atoms with Gasteiger partial charge in [0.1, 0.15) is 5.82 Å². The Labute approximate surface area is 106 Å². The van der Waals surface area contributed by atoms with E-state index in [1.807, 2.05) is 13.8 Å². The van der Waals surface area contributed by atoms with Gasteiger partial charge in [0.15, 0.2) is 11.6 Å². The van der Waals surface area contributed by atoms with Gasteiger partial charge in [-0.3, -0.25) is 0 Å². The second-order valence-electron chi connectivity index (χ2n) is 5.00. The van der Waals surface area contributed by atoms with E-state index in [-0.39, 0.29) is 29.9 Å². The van der Waals surface area contributed by atoms with Gasteiger partial charge < -0.3 is 15.2 Å². The van der Waals surface area contributed by atoms with Crippen molar-refractivity contribution in [3.63, 3.8) is 0 Å². The lowest BCUT2D eigenvalue weighted by atomic mass is 9.95. The Hall–Kier alpha value is -1.20. The van der Waals surface area contributed by atoms with Crippen LogP contribution in [0.4, 0.5) is 8.78 Å². The molecule has 0 saturated carbocycles. The number of aliphatic hydroxyl groups excluding tert-OH is 1. The molecule has 0 aromatic heterocycles. The van der Waals surface area contributed by atoms with Crippen molar-refractivity contribution in [1.29, 1.82) is 0 Å². The summed E-state index contributed by atoms with van der Waals surface area (Å²) >= 11 is 0. The van der Waals surface area contributed by atoms with Gasteiger partial charge in [-0.1, -0.05) is 13.8 Å². The van der Waals surface area contributed by atoms with Crippen LogP contribution in [0, 0.1) is 17.0 Å². The molecule has 0 spiro atoms. The van der Waals surface area contributed by atoms with Crippen LogP contribution in [-0.2, 0) is 6.54 Å². The number of rotatable bonds is 6. The molecule has 0 unspecified atom stereocenters. The Kier molecular flexibility index (Phi) is 5.04. The van der Waals surface area contributed by atoms with Crippen LogP contribution in [0.2, 0.25) is 0 Å². The van der Waals surface area contributed by atoms with Crippen molar-refractivity contribution in [3.8, 4) is 5.75 Å². The van der Waals surface area contributed by atoms with Crippen molar-refractivity contribution < 1.29 is 18.6 Å². The number of benzene rings is 1. The molecule has 0 aliphatic carbocycles. The maximum Gasteiger partial charge on any atom is 0.165 e. The predicted octanol–water partition coefficient (Wildman–Crippen LogP) is 2.08. The molecule has 0 bridgehead atoms. The average Bonchev–Trinajstić information content (AvgIpc) is 2.33. The van der Waals surface area contributed by atoms with E-state index >= 15 is 0 Å². The molecule has 0 heterocycles. The van der Waals surface area contributed by atoms with Crippen molar-refractivity contribution in [3.05, 3.63) is 29.3 Å². The molecular weight excluding hydrogens is 240 g/mol. The molecule has 0 aliphatic heterocycles. The highest BCUT2D eigenvalue weighted by atomic mass is 19.1. The Morgan fingerprint density at radius 1 is 1.28 bits per heavy atom. The molecule has 0 atom stereocenters. The van der Waals surface area contributed by atoms with Gasteiger partial charge in [-0.2, -0.15) is 0 Å². The topological polar surface area (TPSA) is 41.5 Å². The number of nitrogens with one attached hydrogen (secondary N) is 1. The van der Waals surface area contributed by atoms with E-state index in [0.717, 1.165) is 12.1 Å². The largest absolute Gasteiger partial charge is 0.494 e. The van der Waals surface area contributed by atoms with E-state index in [1.54, 1.807) is 0 Å². The van der Waals surface area contributed by atoms with Crippen molar-refractivity contribution in [2.45, 2.75) is 20.4 Å². The standard InChI is InChI=1S/C13H19F2NO2/c1-13(2,8-17)7-16-6-9-4-11(15)12(18-3)5-10(9)14/h4-5,16-17H,6-8H2,1-3H3. The molecule has 3 nitrogen and oxygen atoms in total. The minimum absolute atomic E-state index is 0.0272. The van der Waals surface area contributed by atoms with Crippen LogP contribution in [0.1, 0.15) is 19.4 Å². The number of halogens is 2. The quantitative estimate of drug-likeness (QED) is 0.822. The normalized spacial score (nSPS) is 11.7. The molecule has 0 saturated heterocycles. The summed E-state index contributed by atoms with van der Waals surface area (Å²) in [5, 5.41) is 12.1. The van der Waals surface area contributed by atoms with Crippen LogP contribution in [-0.4, -0.2) is 25.4 Å². The van der Waals surface area contributed by atoms with Gasteiger partial charge in [-0.25, -0.2) is 8.78 Å². The van der Waals surface area contributed by atoms with Crippen LogP contribution in [0.5, 0.6) is 5.75 Å². The first-order valence-corrected chi connectivity index (χ1v) is 5.73. The summed E-state index contributed by atoms with van der Waals surface area (Å²) < 4.78 is 31.7. The zero-order chi connectivity index (χ0) is 13.8. The Bertz CT molecular complexity index is 408. The molecule has 1 aromatic carbocycles. The van der Waals surface area contributed by atoms with Crippen LogP contribution in [0.15, 0.2) is 12.1 Å². The summed E-state index contributed by atoms with van der Waals surface area (Å²) in [5.74, 6) is -1.20. The van der Waals surface area contributed by atoms with Crippen molar-refractivity contribution in [2.75, 3.05) is 20.3 Å². The molecule has 1 rings (SSSR count). The third-order valence-corrected chi connectivity index (χ3v) is 2.67. The number of hydrogen-bond acceptors (Lipinski definition) is 3. The van der Waals surface area contributed by atoms with Crippen LogP contribution >= 0.6 is 0 Å². The van der Waals surface area contributed by atoms with Crippen molar-refractivity contribution in [1.82, 2.24) is 5.32 Å². The summed E-state index contributed by atoms with van der Waals surface area (Å²) in [7, 11) is 1.29. The lowest BCUT2D eigenvalue weighted by Crippen LogP contribution is -2.32. The molecule has 5 heteroatoms. The second-order valence-corrected chi connectivity index (χ2v) is 5.00. The smallest absolute Gasteiger partial charge is 0.165 e. The number of aliphatic hydroxyl groups is 1. The lowest BCUT2D eigenvalue weighted by molar-refractivity contribution is 0.156.